The van der Waals surface area contributed by atoms with Crippen molar-refractivity contribution in [1.29, 1.82) is 0 Å². The lowest BCUT2D eigenvalue weighted by Gasteiger charge is -2.12. The molecule has 1 aromatic heterocycles. The lowest BCUT2D eigenvalue weighted by molar-refractivity contribution is 0.418. The zero-order valence-electron chi connectivity index (χ0n) is 15.2. The van der Waals surface area contributed by atoms with Gasteiger partial charge < -0.3 is 8.92 Å². The Hall–Kier alpha value is -3.16. The second-order valence-electron chi connectivity index (χ2n) is 6.27. The van der Waals surface area contributed by atoms with Gasteiger partial charge in [-0.05, 0) is 30.5 Å². The van der Waals surface area contributed by atoms with E-state index >= 15 is 0 Å². The minimum absolute atomic E-state index is 0.00662. The van der Waals surface area contributed by atoms with Gasteiger partial charge in [-0.2, -0.15) is 8.42 Å². The molecule has 0 fully saturated rings. The molecule has 0 N–H and O–H groups in total. The van der Waals surface area contributed by atoms with Crippen LogP contribution in [0.2, 0.25) is 5.15 Å². The van der Waals surface area contributed by atoms with E-state index in [0.717, 1.165) is 16.3 Å². The molecule has 4 aromatic rings. The highest BCUT2D eigenvalue weighted by molar-refractivity contribution is 7.87. The first-order valence-corrected chi connectivity index (χ1v) is 10.4. The molecule has 0 amide bonds. The Morgan fingerprint density at radius 3 is 2.38 bits per heavy atom. The van der Waals surface area contributed by atoms with Gasteiger partial charge in [0.05, 0.1) is 0 Å². The van der Waals surface area contributed by atoms with Gasteiger partial charge in [-0.25, -0.2) is 0 Å². The molecule has 1 heterocycles. The smallest absolute Gasteiger partial charge is 0.339 e. The van der Waals surface area contributed by atoms with E-state index in [4.69, 9.17) is 20.5 Å². The van der Waals surface area contributed by atoms with Crippen LogP contribution in [0.3, 0.4) is 0 Å². The highest BCUT2D eigenvalue weighted by Gasteiger charge is 2.21. The van der Waals surface area contributed by atoms with Crippen molar-refractivity contribution in [3.63, 3.8) is 0 Å². The van der Waals surface area contributed by atoms with E-state index in [1.165, 1.54) is 18.2 Å². The molecule has 0 aliphatic heterocycles. The fourth-order valence-electron chi connectivity index (χ4n) is 2.73. The standard InChI is InChI=1S/C21H15ClN2O4S/c1-14-9-11-16(12-10-14)29(25,26)28-19-13-20(22)23-24-21(19)27-18-8-4-6-15-5-2-3-7-17(15)18/h2-13H,1H3. The molecule has 8 heteroatoms. The molecule has 0 radical (unpaired) electrons. The molecule has 0 atom stereocenters. The second-order valence-corrected chi connectivity index (χ2v) is 8.20. The van der Waals surface area contributed by atoms with Gasteiger partial charge in [-0.15, -0.1) is 10.2 Å². The van der Waals surface area contributed by atoms with Gasteiger partial charge in [0.25, 0.3) is 5.88 Å². The van der Waals surface area contributed by atoms with E-state index in [-0.39, 0.29) is 21.7 Å². The van der Waals surface area contributed by atoms with Crippen molar-refractivity contribution in [3.8, 4) is 17.4 Å². The first-order valence-electron chi connectivity index (χ1n) is 8.62. The highest BCUT2D eigenvalue weighted by atomic mass is 35.5. The lowest BCUT2D eigenvalue weighted by atomic mass is 10.1. The van der Waals surface area contributed by atoms with Gasteiger partial charge in [0.1, 0.15) is 10.6 Å². The largest absolute Gasteiger partial charge is 0.434 e. The van der Waals surface area contributed by atoms with E-state index in [9.17, 15) is 8.42 Å². The summed E-state index contributed by atoms with van der Waals surface area (Å²) >= 11 is 5.91. The molecule has 0 unspecified atom stereocenters. The summed E-state index contributed by atoms with van der Waals surface area (Å²) in [6, 6.07) is 20.7. The first kappa shape index (κ1) is 19.2. The van der Waals surface area contributed by atoms with Crippen molar-refractivity contribution in [2.75, 3.05) is 0 Å². The zero-order chi connectivity index (χ0) is 20.4. The first-order chi connectivity index (χ1) is 13.9. The third-order valence-corrected chi connectivity index (χ3v) is 5.60. The van der Waals surface area contributed by atoms with E-state index in [2.05, 4.69) is 10.2 Å². The minimum atomic E-state index is -4.11. The fourth-order valence-corrected chi connectivity index (χ4v) is 3.79. The quantitative estimate of drug-likeness (QED) is 0.410. The summed E-state index contributed by atoms with van der Waals surface area (Å²) in [6.07, 6.45) is 0. The molecule has 6 nitrogen and oxygen atoms in total. The van der Waals surface area contributed by atoms with Crippen LogP contribution >= 0.6 is 11.6 Å². The predicted molar refractivity (Wildman–Crippen MR) is 110 cm³/mol. The Bertz CT molecular complexity index is 1290. The van der Waals surface area contributed by atoms with E-state index in [1.807, 2.05) is 43.3 Å². The summed E-state index contributed by atoms with van der Waals surface area (Å²) in [5.74, 6) is 0.220. The molecule has 3 aromatic carbocycles. The number of halogens is 1. The van der Waals surface area contributed by atoms with Crippen molar-refractivity contribution < 1.29 is 17.3 Å². The van der Waals surface area contributed by atoms with Crippen LogP contribution in [0.25, 0.3) is 10.8 Å². The highest BCUT2D eigenvalue weighted by Crippen LogP contribution is 2.35. The maximum atomic E-state index is 12.7. The number of hydrogen-bond acceptors (Lipinski definition) is 6. The van der Waals surface area contributed by atoms with Gasteiger partial charge >= 0.3 is 10.1 Å². The van der Waals surface area contributed by atoms with E-state index in [1.54, 1.807) is 18.2 Å². The van der Waals surface area contributed by atoms with Crippen molar-refractivity contribution in [2.24, 2.45) is 0 Å². The molecule has 0 saturated heterocycles. The number of fused-ring (bicyclic) bond motifs is 1. The molecule has 0 saturated carbocycles. The molecule has 0 aliphatic rings. The van der Waals surface area contributed by atoms with Crippen LogP contribution in [0.1, 0.15) is 5.56 Å². The molecule has 0 aliphatic carbocycles. The van der Waals surface area contributed by atoms with Gasteiger partial charge in [-0.3, -0.25) is 0 Å². The van der Waals surface area contributed by atoms with Crippen molar-refractivity contribution in [1.82, 2.24) is 10.2 Å². The SMILES string of the molecule is Cc1ccc(S(=O)(=O)Oc2cc(Cl)nnc2Oc2cccc3ccccc23)cc1. The third kappa shape index (κ3) is 4.16. The predicted octanol–water partition coefficient (Wildman–Crippen LogP) is 5.15. The fraction of sp³-hybridized carbons (Fsp3) is 0.0476. The average Bonchev–Trinajstić information content (AvgIpc) is 2.70. The summed E-state index contributed by atoms with van der Waals surface area (Å²) in [6.45, 7) is 1.86. The van der Waals surface area contributed by atoms with E-state index in [0.29, 0.717) is 5.75 Å². The van der Waals surface area contributed by atoms with Crippen LogP contribution in [0.5, 0.6) is 17.4 Å². The number of rotatable bonds is 5. The van der Waals surface area contributed by atoms with Crippen LogP contribution in [0, 0.1) is 6.92 Å². The Labute approximate surface area is 172 Å². The molecule has 146 valence electrons. The zero-order valence-corrected chi connectivity index (χ0v) is 16.8. The summed E-state index contributed by atoms with van der Waals surface area (Å²) in [7, 11) is -4.11. The van der Waals surface area contributed by atoms with Crippen molar-refractivity contribution in [2.45, 2.75) is 11.8 Å². The number of ether oxygens (including phenoxy) is 1. The van der Waals surface area contributed by atoms with Crippen molar-refractivity contribution in [3.05, 3.63) is 83.5 Å². The monoisotopic (exact) mass is 426 g/mol. The number of benzene rings is 3. The lowest BCUT2D eigenvalue weighted by Crippen LogP contribution is -2.11. The van der Waals surface area contributed by atoms with Crippen LogP contribution in [-0.4, -0.2) is 18.6 Å². The maximum absolute atomic E-state index is 12.7. The third-order valence-electron chi connectivity index (χ3n) is 4.16. The molecule has 29 heavy (non-hydrogen) atoms. The Morgan fingerprint density at radius 2 is 1.59 bits per heavy atom. The van der Waals surface area contributed by atoms with Gasteiger partial charge in [-0.1, -0.05) is 65.7 Å². The Balaban J connectivity index is 1.72. The summed E-state index contributed by atoms with van der Waals surface area (Å²) in [5, 5.41) is 9.39. The number of aromatic nitrogens is 2. The number of hydrogen-bond donors (Lipinski definition) is 0. The van der Waals surface area contributed by atoms with Gasteiger partial charge in [0, 0.05) is 11.5 Å². The average molecular weight is 427 g/mol. The topological polar surface area (TPSA) is 78.4 Å². The molecule has 0 spiro atoms. The second kappa shape index (κ2) is 7.69. The summed E-state index contributed by atoms with van der Waals surface area (Å²) in [4.78, 5) is 0.00662. The molecular formula is C21H15ClN2O4S. The Morgan fingerprint density at radius 1 is 0.862 bits per heavy atom. The normalized spacial score (nSPS) is 11.4. The molecular weight excluding hydrogens is 412 g/mol. The summed E-state index contributed by atoms with van der Waals surface area (Å²) < 4.78 is 36.5. The minimum Gasteiger partial charge on any atom is -0.434 e. The number of aryl methyl sites for hydroxylation is 1. The maximum Gasteiger partial charge on any atom is 0.339 e. The number of nitrogens with zero attached hydrogens (tertiary/aromatic N) is 2. The van der Waals surface area contributed by atoms with E-state index < -0.39 is 10.1 Å². The van der Waals surface area contributed by atoms with Crippen LogP contribution < -0.4 is 8.92 Å². The molecule has 4 rings (SSSR count). The van der Waals surface area contributed by atoms with Crippen molar-refractivity contribution >= 4 is 32.5 Å². The van der Waals surface area contributed by atoms with Gasteiger partial charge in [0.2, 0.25) is 5.75 Å². The van der Waals surface area contributed by atoms with Crippen LogP contribution in [-0.2, 0) is 10.1 Å². The van der Waals surface area contributed by atoms with Gasteiger partial charge in [0.15, 0.2) is 5.15 Å². The van der Waals surface area contributed by atoms with Crippen LogP contribution in [0.15, 0.2) is 77.7 Å². The Kier molecular flexibility index (Phi) is 5.08. The molecule has 0 bridgehead atoms. The summed E-state index contributed by atoms with van der Waals surface area (Å²) in [5.41, 5.74) is 0.928. The van der Waals surface area contributed by atoms with Crippen LogP contribution in [0.4, 0.5) is 0 Å².